The lowest BCUT2D eigenvalue weighted by Gasteiger charge is -2.10. The van der Waals surface area contributed by atoms with Crippen LogP contribution in [0, 0.1) is 6.92 Å². The van der Waals surface area contributed by atoms with Gasteiger partial charge in [-0.15, -0.1) is 0 Å². The summed E-state index contributed by atoms with van der Waals surface area (Å²) in [7, 11) is 0. The Bertz CT molecular complexity index is 707. The first-order valence-corrected chi connectivity index (χ1v) is 7.39. The third-order valence-corrected chi connectivity index (χ3v) is 3.32. The number of aryl methyl sites for hydroxylation is 1. The van der Waals surface area contributed by atoms with Crippen LogP contribution in [0.4, 0.5) is 5.69 Å². The minimum atomic E-state index is -1.03. The molecule has 0 fully saturated rings. The van der Waals surface area contributed by atoms with E-state index < -0.39 is 5.97 Å². The van der Waals surface area contributed by atoms with Gasteiger partial charge in [-0.2, -0.15) is 0 Å². The zero-order chi connectivity index (χ0) is 16.8. The molecule has 0 aliphatic heterocycles. The average Bonchev–Trinajstić information content (AvgIpc) is 2.55. The summed E-state index contributed by atoms with van der Waals surface area (Å²) in [6, 6.07) is 11.5. The van der Waals surface area contributed by atoms with E-state index >= 15 is 0 Å². The van der Waals surface area contributed by atoms with Crippen LogP contribution in [0.5, 0.6) is 5.75 Å². The summed E-state index contributed by atoms with van der Waals surface area (Å²) in [5.74, 6) is -0.608. The number of nitrogens with one attached hydrogen (secondary N) is 1. The van der Waals surface area contributed by atoms with E-state index in [2.05, 4.69) is 5.32 Å². The monoisotopic (exact) mass is 313 g/mol. The molecule has 0 atom stereocenters. The van der Waals surface area contributed by atoms with Gasteiger partial charge in [-0.25, -0.2) is 4.79 Å². The summed E-state index contributed by atoms with van der Waals surface area (Å²) in [6.07, 6.45) is 0.918. The topological polar surface area (TPSA) is 75.6 Å². The molecule has 0 heterocycles. The highest BCUT2D eigenvalue weighted by Crippen LogP contribution is 2.19. The minimum absolute atomic E-state index is 0.134. The Balaban J connectivity index is 2.12. The molecule has 0 radical (unpaired) electrons. The van der Waals surface area contributed by atoms with Crippen molar-refractivity contribution in [2.24, 2.45) is 0 Å². The van der Waals surface area contributed by atoms with Crippen LogP contribution < -0.4 is 10.1 Å². The van der Waals surface area contributed by atoms with Crippen molar-refractivity contribution in [3.63, 3.8) is 0 Å². The molecular weight excluding hydrogens is 294 g/mol. The molecule has 0 saturated carbocycles. The Morgan fingerprint density at radius 3 is 2.35 bits per heavy atom. The van der Waals surface area contributed by atoms with Crippen LogP contribution in [0.15, 0.2) is 42.5 Å². The Labute approximate surface area is 134 Å². The first kappa shape index (κ1) is 16.5. The van der Waals surface area contributed by atoms with Gasteiger partial charge in [0.15, 0.2) is 0 Å². The van der Waals surface area contributed by atoms with Crippen molar-refractivity contribution >= 4 is 17.6 Å². The fourth-order valence-corrected chi connectivity index (χ4v) is 2.01. The standard InChI is InChI=1S/C18H19NO4/c1-3-10-23-15-8-6-13(7-9-15)17(20)19-16-11-14(18(21)22)5-4-12(16)2/h4-9,11H,3,10H2,1-2H3,(H,19,20)(H,21,22). The number of amides is 1. The summed E-state index contributed by atoms with van der Waals surface area (Å²) in [6.45, 7) is 4.46. The number of carboxylic acids is 1. The van der Waals surface area contributed by atoms with Crippen LogP contribution in [0.1, 0.15) is 39.6 Å². The van der Waals surface area contributed by atoms with Gasteiger partial charge >= 0.3 is 5.97 Å². The zero-order valence-corrected chi connectivity index (χ0v) is 13.1. The molecule has 5 nitrogen and oxygen atoms in total. The number of hydrogen-bond donors (Lipinski definition) is 2. The van der Waals surface area contributed by atoms with E-state index in [9.17, 15) is 9.59 Å². The summed E-state index contributed by atoms with van der Waals surface area (Å²) in [5.41, 5.74) is 1.90. The van der Waals surface area contributed by atoms with E-state index in [1.54, 1.807) is 30.3 Å². The number of ether oxygens (including phenoxy) is 1. The van der Waals surface area contributed by atoms with Crippen LogP contribution in [0.3, 0.4) is 0 Å². The number of anilines is 1. The first-order valence-electron chi connectivity index (χ1n) is 7.39. The lowest BCUT2D eigenvalue weighted by molar-refractivity contribution is 0.0696. The number of aromatic carboxylic acids is 1. The number of rotatable bonds is 6. The molecule has 2 aromatic carbocycles. The molecule has 2 aromatic rings. The van der Waals surface area contributed by atoms with Gasteiger partial charge in [0.25, 0.3) is 5.91 Å². The molecular formula is C18H19NO4. The summed E-state index contributed by atoms with van der Waals surface area (Å²) in [4.78, 5) is 23.3. The average molecular weight is 313 g/mol. The molecule has 0 aliphatic carbocycles. The van der Waals surface area contributed by atoms with Crippen molar-refractivity contribution in [3.05, 3.63) is 59.2 Å². The van der Waals surface area contributed by atoms with Crippen molar-refractivity contribution < 1.29 is 19.4 Å². The first-order chi connectivity index (χ1) is 11.0. The molecule has 1 amide bonds. The second-order valence-electron chi connectivity index (χ2n) is 5.16. The number of carbonyl (C=O) groups excluding carboxylic acids is 1. The highest BCUT2D eigenvalue weighted by Gasteiger charge is 2.11. The molecule has 2 N–H and O–H groups in total. The number of hydrogen-bond acceptors (Lipinski definition) is 3. The molecule has 0 spiro atoms. The maximum Gasteiger partial charge on any atom is 0.335 e. The van der Waals surface area contributed by atoms with E-state index in [1.165, 1.54) is 12.1 Å². The van der Waals surface area contributed by atoms with Crippen LogP contribution in [-0.4, -0.2) is 23.6 Å². The maximum atomic E-state index is 12.3. The Kier molecular flexibility index (Phi) is 5.36. The van der Waals surface area contributed by atoms with Gasteiger partial charge in [0.05, 0.1) is 12.2 Å². The SMILES string of the molecule is CCCOc1ccc(C(=O)Nc2cc(C(=O)O)ccc2C)cc1. The fraction of sp³-hybridized carbons (Fsp3) is 0.222. The third-order valence-electron chi connectivity index (χ3n) is 3.32. The van der Waals surface area contributed by atoms with Crippen molar-refractivity contribution in [1.82, 2.24) is 0 Å². The van der Waals surface area contributed by atoms with Gasteiger partial charge in [0, 0.05) is 11.3 Å². The molecule has 23 heavy (non-hydrogen) atoms. The second kappa shape index (κ2) is 7.45. The third kappa shape index (κ3) is 4.32. The smallest absolute Gasteiger partial charge is 0.335 e. The van der Waals surface area contributed by atoms with Gasteiger partial charge in [-0.05, 0) is 55.3 Å². The molecule has 0 saturated heterocycles. The van der Waals surface area contributed by atoms with E-state index in [-0.39, 0.29) is 11.5 Å². The second-order valence-corrected chi connectivity index (χ2v) is 5.16. The predicted octanol–water partition coefficient (Wildman–Crippen LogP) is 3.73. The highest BCUT2D eigenvalue weighted by atomic mass is 16.5. The van der Waals surface area contributed by atoms with E-state index in [0.29, 0.717) is 23.6 Å². The van der Waals surface area contributed by atoms with Crippen LogP contribution in [0.2, 0.25) is 0 Å². The molecule has 0 bridgehead atoms. The van der Waals surface area contributed by atoms with Crippen LogP contribution in [-0.2, 0) is 0 Å². The zero-order valence-electron chi connectivity index (χ0n) is 13.1. The molecule has 2 rings (SSSR count). The Morgan fingerprint density at radius 1 is 1.09 bits per heavy atom. The lowest BCUT2D eigenvalue weighted by Crippen LogP contribution is -2.13. The maximum absolute atomic E-state index is 12.3. The summed E-state index contributed by atoms with van der Waals surface area (Å²) >= 11 is 0. The highest BCUT2D eigenvalue weighted by molar-refractivity contribution is 6.05. The number of benzene rings is 2. The minimum Gasteiger partial charge on any atom is -0.494 e. The van der Waals surface area contributed by atoms with Crippen LogP contribution in [0.25, 0.3) is 0 Å². The molecule has 0 aliphatic rings. The predicted molar refractivity (Wildman–Crippen MR) is 88.3 cm³/mol. The van der Waals surface area contributed by atoms with E-state index in [4.69, 9.17) is 9.84 Å². The molecule has 120 valence electrons. The van der Waals surface area contributed by atoms with Gasteiger partial charge < -0.3 is 15.2 Å². The summed E-state index contributed by atoms with van der Waals surface area (Å²) < 4.78 is 5.47. The van der Waals surface area contributed by atoms with Gasteiger partial charge in [-0.1, -0.05) is 13.0 Å². The van der Waals surface area contributed by atoms with Crippen molar-refractivity contribution in [3.8, 4) is 5.75 Å². The van der Waals surface area contributed by atoms with E-state index in [1.807, 2.05) is 13.8 Å². The lowest BCUT2D eigenvalue weighted by atomic mass is 10.1. The number of carbonyl (C=O) groups is 2. The van der Waals surface area contributed by atoms with Crippen molar-refractivity contribution in [2.45, 2.75) is 20.3 Å². The molecule has 0 unspecified atom stereocenters. The van der Waals surface area contributed by atoms with E-state index in [0.717, 1.165) is 12.0 Å². The number of carboxylic acid groups (broad SMARTS) is 1. The normalized spacial score (nSPS) is 10.2. The largest absolute Gasteiger partial charge is 0.494 e. The van der Waals surface area contributed by atoms with Gasteiger partial charge in [0.1, 0.15) is 5.75 Å². The van der Waals surface area contributed by atoms with Crippen LogP contribution >= 0.6 is 0 Å². The van der Waals surface area contributed by atoms with Crippen molar-refractivity contribution in [2.75, 3.05) is 11.9 Å². The molecule has 0 aromatic heterocycles. The molecule has 5 heteroatoms. The quantitative estimate of drug-likeness (QED) is 0.852. The van der Waals surface area contributed by atoms with Crippen molar-refractivity contribution in [1.29, 1.82) is 0 Å². The fourth-order valence-electron chi connectivity index (χ4n) is 2.01. The van der Waals surface area contributed by atoms with Gasteiger partial charge in [0.2, 0.25) is 0 Å². The van der Waals surface area contributed by atoms with Gasteiger partial charge in [-0.3, -0.25) is 4.79 Å². The Hall–Kier alpha value is -2.82. The Morgan fingerprint density at radius 2 is 1.74 bits per heavy atom. The summed E-state index contributed by atoms with van der Waals surface area (Å²) in [5, 5.41) is 11.8.